The van der Waals surface area contributed by atoms with Crippen LogP contribution in [0, 0.1) is 17.8 Å². The number of rotatable bonds is 3. The van der Waals surface area contributed by atoms with Crippen molar-refractivity contribution >= 4 is 16.7 Å². The molecule has 6 rings (SSSR count). The summed E-state index contributed by atoms with van der Waals surface area (Å²) in [6.07, 6.45) is 4.94. The second-order valence-corrected chi connectivity index (χ2v) is 9.44. The summed E-state index contributed by atoms with van der Waals surface area (Å²) in [5, 5.41) is 2.44. The lowest BCUT2D eigenvalue weighted by Gasteiger charge is -2.46. The number of benzene rings is 3. The molecule has 0 spiro atoms. The minimum atomic E-state index is -0.750. The van der Waals surface area contributed by atoms with Crippen molar-refractivity contribution in [3.63, 3.8) is 0 Å². The van der Waals surface area contributed by atoms with E-state index in [0.29, 0.717) is 17.4 Å². The second kappa shape index (κ2) is 6.31. The summed E-state index contributed by atoms with van der Waals surface area (Å²) >= 11 is 0. The molecule has 2 nitrogen and oxygen atoms in total. The highest BCUT2D eigenvalue weighted by atomic mass is 16.6. The average molecular weight is 395 g/mol. The molecule has 0 saturated heterocycles. The highest BCUT2D eigenvalue weighted by molar-refractivity contribution is 6.03. The van der Waals surface area contributed by atoms with E-state index in [1.165, 1.54) is 41.2 Å². The first-order chi connectivity index (χ1) is 14.6. The maximum Gasteiger partial charge on any atom is 0.334 e. The van der Waals surface area contributed by atoms with Crippen LogP contribution in [-0.4, -0.2) is 5.97 Å². The molecule has 0 N–H and O–H groups in total. The van der Waals surface area contributed by atoms with Gasteiger partial charge in [0.05, 0.1) is 0 Å². The van der Waals surface area contributed by atoms with Gasteiger partial charge >= 0.3 is 5.97 Å². The summed E-state index contributed by atoms with van der Waals surface area (Å²) in [4.78, 5) is 13.1. The van der Waals surface area contributed by atoms with Gasteiger partial charge in [0.15, 0.2) is 5.60 Å². The largest absolute Gasteiger partial charge is 0.446 e. The zero-order valence-electron chi connectivity index (χ0n) is 17.4. The minimum Gasteiger partial charge on any atom is -0.446 e. The molecule has 3 aromatic rings. The smallest absolute Gasteiger partial charge is 0.334 e. The van der Waals surface area contributed by atoms with Crippen molar-refractivity contribution in [3.8, 4) is 11.1 Å². The maximum atomic E-state index is 13.1. The van der Waals surface area contributed by atoms with E-state index in [-0.39, 0.29) is 5.97 Å². The molecule has 150 valence electrons. The highest BCUT2D eigenvalue weighted by Crippen LogP contribution is 2.62. The fourth-order valence-electron chi connectivity index (χ4n) is 6.62. The standard InChI is InChI=1S/C28H26O2/c1-17(2)27(29)30-28(25-16-18-13-14-20(25)15-18)23-11-4-3-9-21(23)22-10-5-7-19-8-6-12-24(28)26(19)22/h3-12,18,20,25H,1,13-16H2,2H3. The fraction of sp³-hybridized carbons (Fsp3) is 0.321. The Balaban J connectivity index is 1.72. The Labute approximate surface area is 177 Å². The number of hydrogen-bond donors (Lipinski definition) is 0. The van der Waals surface area contributed by atoms with Crippen LogP contribution in [0.3, 0.4) is 0 Å². The van der Waals surface area contributed by atoms with E-state index >= 15 is 0 Å². The van der Waals surface area contributed by atoms with E-state index in [1.54, 1.807) is 6.92 Å². The lowest BCUT2D eigenvalue weighted by molar-refractivity contribution is -0.159. The molecule has 0 aliphatic heterocycles. The van der Waals surface area contributed by atoms with Gasteiger partial charge in [0.2, 0.25) is 0 Å². The molecule has 0 aromatic heterocycles. The van der Waals surface area contributed by atoms with Gasteiger partial charge in [0.25, 0.3) is 0 Å². The number of ether oxygens (including phenoxy) is 1. The van der Waals surface area contributed by atoms with Crippen molar-refractivity contribution in [1.82, 2.24) is 0 Å². The summed E-state index contributed by atoms with van der Waals surface area (Å²) in [5.41, 5.74) is 4.44. The van der Waals surface area contributed by atoms with E-state index in [9.17, 15) is 4.79 Å². The van der Waals surface area contributed by atoms with E-state index in [2.05, 4.69) is 67.2 Å². The Morgan fingerprint density at radius 2 is 1.67 bits per heavy atom. The highest BCUT2D eigenvalue weighted by Gasteiger charge is 2.57. The number of carbonyl (C=O) groups is 1. The van der Waals surface area contributed by atoms with Crippen molar-refractivity contribution in [3.05, 3.63) is 83.9 Å². The van der Waals surface area contributed by atoms with Gasteiger partial charge in [-0.2, -0.15) is 0 Å². The Bertz CT molecular complexity index is 1200. The van der Waals surface area contributed by atoms with Crippen molar-refractivity contribution in [2.24, 2.45) is 17.8 Å². The van der Waals surface area contributed by atoms with Gasteiger partial charge in [-0.3, -0.25) is 0 Å². The molecule has 0 radical (unpaired) electrons. The van der Waals surface area contributed by atoms with Gasteiger partial charge < -0.3 is 4.74 Å². The third kappa shape index (κ3) is 2.28. The van der Waals surface area contributed by atoms with E-state index < -0.39 is 5.60 Å². The van der Waals surface area contributed by atoms with Gasteiger partial charge in [-0.1, -0.05) is 73.7 Å². The van der Waals surface area contributed by atoms with Crippen molar-refractivity contribution in [1.29, 1.82) is 0 Å². The lowest BCUT2D eigenvalue weighted by atomic mass is 9.64. The van der Waals surface area contributed by atoms with Gasteiger partial charge in [-0.15, -0.1) is 0 Å². The first-order valence-corrected chi connectivity index (χ1v) is 11.1. The van der Waals surface area contributed by atoms with E-state index in [1.807, 2.05) is 0 Å². The van der Waals surface area contributed by atoms with Crippen LogP contribution in [-0.2, 0) is 15.1 Å². The summed E-state index contributed by atoms with van der Waals surface area (Å²) in [6.45, 7) is 5.65. The van der Waals surface area contributed by atoms with Crippen LogP contribution >= 0.6 is 0 Å². The van der Waals surface area contributed by atoms with Crippen LogP contribution in [0.25, 0.3) is 21.9 Å². The third-order valence-corrected chi connectivity index (χ3v) is 7.78. The molecule has 0 amide bonds. The van der Waals surface area contributed by atoms with Gasteiger partial charge in [0, 0.05) is 22.6 Å². The Kier molecular flexibility index (Phi) is 3.78. The average Bonchev–Trinajstić information content (AvgIpc) is 3.40. The Hall–Kier alpha value is -2.87. The molecule has 2 heteroatoms. The van der Waals surface area contributed by atoms with Crippen molar-refractivity contribution in [2.45, 2.75) is 38.2 Å². The van der Waals surface area contributed by atoms with Crippen LogP contribution in [0.15, 0.2) is 72.8 Å². The molecule has 3 aliphatic rings. The van der Waals surface area contributed by atoms with E-state index in [4.69, 9.17) is 4.74 Å². The SMILES string of the molecule is C=C(C)C(=O)OC1(C2CC3CCC2C3)c2ccccc2-c2cccc3cccc1c23. The molecule has 30 heavy (non-hydrogen) atoms. The predicted molar refractivity (Wildman–Crippen MR) is 120 cm³/mol. The minimum absolute atomic E-state index is 0.288. The van der Waals surface area contributed by atoms with Crippen LogP contribution in [0.5, 0.6) is 0 Å². The second-order valence-electron chi connectivity index (χ2n) is 9.44. The predicted octanol–water partition coefficient (Wildman–Crippen LogP) is 6.62. The van der Waals surface area contributed by atoms with Crippen LogP contribution in [0.4, 0.5) is 0 Å². The molecule has 4 atom stereocenters. The molecule has 3 aliphatic carbocycles. The van der Waals surface area contributed by atoms with Crippen LogP contribution in [0.2, 0.25) is 0 Å². The molecule has 2 saturated carbocycles. The summed E-state index contributed by atoms with van der Waals surface area (Å²) in [5.74, 6) is 1.37. The topological polar surface area (TPSA) is 26.3 Å². The molecule has 2 fully saturated rings. The fourth-order valence-corrected chi connectivity index (χ4v) is 6.62. The number of fused-ring (bicyclic) bond motifs is 4. The number of esters is 1. The first-order valence-electron chi connectivity index (χ1n) is 11.1. The van der Waals surface area contributed by atoms with Crippen molar-refractivity contribution in [2.75, 3.05) is 0 Å². The zero-order chi connectivity index (χ0) is 20.5. The molecular weight excluding hydrogens is 368 g/mol. The molecule has 2 bridgehead atoms. The van der Waals surface area contributed by atoms with Crippen LogP contribution in [0.1, 0.15) is 43.7 Å². The number of hydrogen-bond acceptors (Lipinski definition) is 2. The Morgan fingerprint density at radius 3 is 2.40 bits per heavy atom. The summed E-state index contributed by atoms with van der Waals surface area (Å²) < 4.78 is 6.61. The number of carbonyl (C=O) groups excluding carboxylic acids is 1. The van der Waals surface area contributed by atoms with Gasteiger partial charge in [0.1, 0.15) is 0 Å². The first kappa shape index (κ1) is 17.9. The molecular formula is C28H26O2. The normalized spacial score (nSPS) is 28.4. The van der Waals surface area contributed by atoms with Crippen LogP contribution < -0.4 is 0 Å². The van der Waals surface area contributed by atoms with Gasteiger partial charge in [-0.25, -0.2) is 4.79 Å². The quantitative estimate of drug-likeness (QED) is 0.369. The third-order valence-electron chi connectivity index (χ3n) is 7.78. The monoisotopic (exact) mass is 394 g/mol. The lowest BCUT2D eigenvalue weighted by Crippen LogP contribution is -2.45. The maximum absolute atomic E-state index is 13.1. The Morgan fingerprint density at radius 1 is 0.933 bits per heavy atom. The zero-order valence-corrected chi connectivity index (χ0v) is 17.4. The van der Waals surface area contributed by atoms with Gasteiger partial charge in [-0.05, 0) is 59.9 Å². The summed E-state index contributed by atoms with van der Waals surface area (Å²) in [7, 11) is 0. The molecule has 3 aromatic carbocycles. The summed E-state index contributed by atoms with van der Waals surface area (Å²) in [6, 6.07) is 21.5. The molecule has 4 unspecified atom stereocenters. The van der Waals surface area contributed by atoms with E-state index in [0.717, 1.165) is 23.5 Å². The molecule has 0 heterocycles. The van der Waals surface area contributed by atoms with Crippen molar-refractivity contribution < 1.29 is 9.53 Å².